The average molecular weight is 200 g/mol. The van der Waals surface area contributed by atoms with Gasteiger partial charge < -0.3 is 15.8 Å². The minimum Gasteiger partial charge on any atom is -0.379 e. The smallest absolute Gasteiger partial charge is 0.222 e. The van der Waals surface area contributed by atoms with E-state index in [0.29, 0.717) is 25.7 Å². The molecule has 0 heterocycles. The third-order valence-electron chi connectivity index (χ3n) is 1.89. The van der Waals surface area contributed by atoms with E-state index < -0.39 is 0 Å². The second-order valence-corrected chi connectivity index (χ2v) is 4.63. The van der Waals surface area contributed by atoms with Crippen LogP contribution < -0.4 is 11.1 Å². The molecule has 1 saturated carbocycles. The van der Waals surface area contributed by atoms with E-state index in [1.54, 1.807) is 0 Å². The topological polar surface area (TPSA) is 64.3 Å². The number of rotatable bonds is 6. The largest absolute Gasteiger partial charge is 0.379 e. The van der Waals surface area contributed by atoms with Gasteiger partial charge in [0.15, 0.2) is 0 Å². The molecule has 3 N–H and O–H groups in total. The lowest BCUT2D eigenvalue weighted by molar-refractivity contribution is -0.122. The standard InChI is InChI=1S/C10H20N2O2/c1-10(2,11)7-14-6-5-9(13)12-8-3-4-8/h8H,3-7,11H2,1-2H3,(H,12,13). The molecule has 0 aromatic rings. The quantitative estimate of drug-likeness (QED) is 0.610. The van der Waals surface area contributed by atoms with Crippen molar-refractivity contribution in [3.05, 3.63) is 0 Å². The second-order valence-electron chi connectivity index (χ2n) is 4.63. The molecule has 4 nitrogen and oxygen atoms in total. The van der Waals surface area contributed by atoms with Gasteiger partial charge in [-0.2, -0.15) is 0 Å². The van der Waals surface area contributed by atoms with Gasteiger partial charge in [0.25, 0.3) is 0 Å². The molecule has 1 aliphatic rings. The van der Waals surface area contributed by atoms with Crippen molar-refractivity contribution < 1.29 is 9.53 Å². The van der Waals surface area contributed by atoms with Crippen molar-refractivity contribution in [1.82, 2.24) is 5.32 Å². The van der Waals surface area contributed by atoms with Crippen LogP contribution in [0.4, 0.5) is 0 Å². The van der Waals surface area contributed by atoms with Gasteiger partial charge in [0.2, 0.25) is 5.91 Å². The zero-order valence-corrected chi connectivity index (χ0v) is 9.01. The van der Waals surface area contributed by atoms with Crippen LogP contribution in [0.15, 0.2) is 0 Å². The molecule has 1 aliphatic carbocycles. The molecule has 0 aromatic carbocycles. The van der Waals surface area contributed by atoms with Crippen LogP contribution in [-0.4, -0.2) is 30.7 Å². The third kappa shape index (κ3) is 5.94. The molecule has 0 unspecified atom stereocenters. The first-order valence-electron chi connectivity index (χ1n) is 5.13. The summed E-state index contributed by atoms with van der Waals surface area (Å²) in [5.41, 5.74) is 5.40. The summed E-state index contributed by atoms with van der Waals surface area (Å²) in [6.07, 6.45) is 2.69. The summed E-state index contributed by atoms with van der Waals surface area (Å²) >= 11 is 0. The number of carbonyl (C=O) groups excluding carboxylic acids is 1. The first kappa shape index (κ1) is 11.5. The Morgan fingerprint density at radius 2 is 2.21 bits per heavy atom. The lowest BCUT2D eigenvalue weighted by Crippen LogP contribution is -2.38. The van der Waals surface area contributed by atoms with E-state index in [1.807, 2.05) is 13.8 Å². The maximum absolute atomic E-state index is 11.2. The summed E-state index contributed by atoms with van der Waals surface area (Å²) in [4.78, 5) is 11.2. The van der Waals surface area contributed by atoms with E-state index in [-0.39, 0.29) is 11.4 Å². The minimum atomic E-state index is -0.313. The van der Waals surface area contributed by atoms with Crippen molar-refractivity contribution in [2.45, 2.75) is 44.7 Å². The predicted octanol–water partition coefficient (Wildman–Crippen LogP) is 0.409. The zero-order chi connectivity index (χ0) is 10.6. The Morgan fingerprint density at radius 3 is 2.71 bits per heavy atom. The van der Waals surface area contributed by atoms with Crippen LogP contribution in [0.1, 0.15) is 33.1 Å². The molecule has 1 rings (SSSR count). The SMILES string of the molecule is CC(C)(N)COCCC(=O)NC1CC1. The Balaban J connectivity index is 1.94. The number of amides is 1. The molecule has 0 aliphatic heterocycles. The summed E-state index contributed by atoms with van der Waals surface area (Å²) in [5, 5.41) is 2.90. The molecule has 0 saturated heterocycles. The first-order chi connectivity index (χ1) is 6.47. The van der Waals surface area contributed by atoms with Gasteiger partial charge in [-0.05, 0) is 26.7 Å². The predicted molar refractivity (Wildman–Crippen MR) is 54.9 cm³/mol. The van der Waals surface area contributed by atoms with Crippen LogP contribution >= 0.6 is 0 Å². The highest BCUT2D eigenvalue weighted by Gasteiger charge is 2.22. The highest BCUT2D eigenvalue weighted by atomic mass is 16.5. The maximum Gasteiger partial charge on any atom is 0.222 e. The van der Waals surface area contributed by atoms with Gasteiger partial charge in [0, 0.05) is 18.0 Å². The molecule has 1 amide bonds. The van der Waals surface area contributed by atoms with Gasteiger partial charge in [-0.25, -0.2) is 0 Å². The Hall–Kier alpha value is -0.610. The lowest BCUT2D eigenvalue weighted by atomic mass is 10.1. The third-order valence-corrected chi connectivity index (χ3v) is 1.89. The molecule has 0 atom stereocenters. The number of carbonyl (C=O) groups is 1. The van der Waals surface area contributed by atoms with E-state index in [2.05, 4.69) is 5.32 Å². The van der Waals surface area contributed by atoms with Crippen molar-refractivity contribution in [3.8, 4) is 0 Å². The molecular formula is C10H20N2O2. The summed E-state index contributed by atoms with van der Waals surface area (Å²) in [7, 11) is 0. The fourth-order valence-electron chi connectivity index (χ4n) is 1.03. The molecule has 4 heteroatoms. The number of hydrogen-bond acceptors (Lipinski definition) is 3. The van der Waals surface area contributed by atoms with Gasteiger partial charge in [-0.3, -0.25) is 4.79 Å². The molecule has 0 radical (unpaired) electrons. The van der Waals surface area contributed by atoms with Crippen molar-refractivity contribution in [2.75, 3.05) is 13.2 Å². The van der Waals surface area contributed by atoms with Crippen molar-refractivity contribution in [2.24, 2.45) is 5.73 Å². The Labute approximate surface area is 85.2 Å². The van der Waals surface area contributed by atoms with Crippen LogP contribution in [0.5, 0.6) is 0 Å². The maximum atomic E-state index is 11.2. The number of nitrogens with one attached hydrogen (secondary N) is 1. The first-order valence-corrected chi connectivity index (χ1v) is 5.13. The average Bonchev–Trinajstić information content (AvgIpc) is 2.80. The van der Waals surface area contributed by atoms with Gasteiger partial charge in [-0.1, -0.05) is 0 Å². The number of ether oxygens (including phenoxy) is 1. The van der Waals surface area contributed by atoms with Crippen molar-refractivity contribution in [3.63, 3.8) is 0 Å². The van der Waals surface area contributed by atoms with E-state index in [9.17, 15) is 4.79 Å². The highest BCUT2D eigenvalue weighted by Crippen LogP contribution is 2.18. The molecule has 0 aromatic heterocycles. The summed E-state index contributed by atoms with van der Waals surface area (Å²) < 4.78 is 5.28. The summed E-state index contributed by atoms with van der Waals surface area (Å²) in [6.45, 7) is 4.75. The van der Waals surface area contributed by atoms with E-state index in [1.165, 1.54) is 0 Å². The van der Waals surface area contributed by atoms with Gasteiger partial charge in [0.1, 0.15) is 0 Å². The van der Waals surface area contributed by atoms with Crippen LogP contribution in [-0.2, 0) is 9.53 Å². The second kappa shape index (κ2) is 4.75. The van der Waals surface area contributed by atoms with E-state index in [0.717, 1.165) is 12.8 Å². The zero-order valence-electron chi connectivity index (χ0n) is 9.01. The fraction of sp³-hybridized carbons (Fsp3) is 0.900. The van der Waals surface area contributed by atoms with Crippen molar-refractivity contribution in [1.29, 1.82) is 0 Å². The molecule has 1 fully saturated rings. The lowest BCUT2D eigenvalue weighted by Gasteiger charge is -2.17. The molecule has 0 bridgehead atoms. The normalized spacial score (nSPS) is 16.8. The Kier molecular flexibility index (Phi) is 3.89. The molecular weight excluding hydrogens is 180 g/mol. The van der Waals surface area contributed by atoms with Crippen LogP contribution in [0, 0.1) is 0 Å². The molecule has 0 spiro atoms. The summed E-state index contributed by atoms with van der Waals surface area (Å²) in [6, 6.07) is 0.438. The monoisotopic (exact) mass is 200 g/mol. The summed E-state index contributed by atoms with van der Waals surface area (Å²) in [5.74, 6) is 0.0855. The van der Waals surface area contributed by atoms with Crippen molar-refractivity contribution >= 4 is 5.91 Å². The molecule has 82 valence electrons. The van der Waals surface area contributed by atoms with Crippen LogP contribution in [0.2, 0.25) is 0 Å². The van der Waals surface area contributed by atoms with Crippen LogP contribution in [0.3, 0.4) is 0 Å². The van der Waals surface area contributed by atoms with Gasteiger partial charge in [-0.15, -0.1) is 0 Å². The minimum absolute atomic E-state index is 0.0855. The fourth-order valence-corrected chi connectivity index (χ4v) is 1.03. The van der Waals surface area contributed by atoms with Gasteiger partial charge in [0.05, 0.1) is 13.2 Å². The Bertz CT molecular complexity index is 195. The number of hydrogen-bond donors (Lipinski definition) is 2. The Morgan fingerprint density at radius 1 is 1.57 bits per heavy atom. The van der Waals surface area contributed by atoms with Crippen LogP contribution in [0.25, 0.3) is 0 Å². The van der Waals surface area contributed by atoms with E-state index in [4.69, 9.17) is 10.5 Å². The van der Waals surface area contributed by atoms with Gasteiger partial charge >= 0.3 is 0 Å². The molecule has 14 heavy (non-hydrogen) atoms. The van der Waals surface area contributed by atoms with E-state index >= 15 is 0 Å². The highest BCUT2D eigenvalue weighted by molar-refractivity contribution is 5.76. The number of nitrogens with two attached hydrogens (primary N) is 1.